The fourth-order valence-corrected chi connectivity index (χ4v) is 4.35. The van der Waals surface area contributed by atoms with Crippen molar-refractivity contribution in [2.24, 2.45) is 5.92 Å². The number of nitrogens with one attached hydrogen (secondary N) is 1. The van der Waals surface area contributed by atoms with Gasteiger partial charge in [-0.2, -0.15) is 4.37 Å². The molecule has 2 heterocycles. The Morgan fingerprint density at radius 3 is 2.80 bits per heavy atom. The normalized spacial score (nSPS) is 20.7. The third kappa shape index (κ3) is 3.05. The highest BCUT2D eigenvalue weighted by molar-refractivity contribution is 7.89. The molecule has 1 aliphatic rings. The van der Waals surface area contributed by atoms with Gasteiger partial charge in [-0.3, -0.25) is 0 Å². The van der Waals surface area contributed by atoms with E-state index in [1.807, 2.05) is 0 Å². The van der Waals surface area contributed by atoms with Crippen LogP contribution in [0.5, 0.6) is 0 Å². The molecule has 1 atom stereocenters. The zero-order valence-electron chi connectivity index (χ0n) is 12.0. The molecule has 7 nitrogen and oxygen atoms in total. The first-order valence-corrected chi connectivity index (χ1v) is 8.63. The molecule has 9 heteroatoms. The van der Waals surface area contributed by atoms with Crippen LogP contribution >= 0.6 is 11.5 Å². The summed E-state index contributed by atoms with van der Waals surface area (Å²) in [6.07, 6.45) is 1.12. The number of likely N-dealkylation sites (tertiary alicyclic amines) is 1. The molecule has 0 bridgehead atoms. The van der Waals surface area contributed by atoms with Crippen LogP contribution in [0.2, 0.25) is 0 Å². The molecule has 0 amide bonds. The fourth-order valence-electron chi connectivity index (χ4n) is 2.27. The van der Waals surface area contributed by atoms with Gasteiger partial charge in [0.2, 0.25) is 10.0 Å². The number of hydrogen-bond donors (Lipinski definition) is 2. The Hall–Kier alpha value is -0.900. The van der Waals surface area contributed by atoms with E-state index in [0.717, 1.165) is 41.9 Å². The van der Waals surface area contributed by atoms with Gasteiger partial charge in [0.05, 0.1) is 0 Å². The summed E-state index contributed by atoms with van der Waals surface area (Å²) in [5, 5.41) is 3.73. The molecule has 0 radical (unpaired) electrons. The van der Waals surface area contributed by atoms with Crippen molar-refractivity contribution >= 4 is 32.4 Å². The topological polar surface area (TPSA) is 91.6 Å². The van der Waals surface area contributed by atoms with Crippen molar-refractivity contribution in [1.29, 1.82) is 0 Å². The Labute approximate surface area is 124 Å². The van der Waals surface area contributed by atoms with Gasteiger partial charge in [0, 0.05) is 27.2 Å². The SMILES string of the molecule is CN1CCC(CNc2snc(N)c2S(=O)(=O)N(C)C)C1. The Morgan fingerprint density at radius 2 is 2.25 bits per heavy atom. The van der Waals surface area contributed by atoms with Crippen molar-refractivity contribution in [3.05, 3.63) is 0 Å². The van der Waals surface area contributed by atoms with Gasteiger partial charge in [-0.05, 0) is 37.5 Å². The summed E-state index contributed by atoms with van der Waals surface area (Å²) in [4.78, 5) is 2.36. The van der Waals surface area contributed by atoms with Crippen molar-refractivity contribution in [1.82, 2.24) is 13.6 Å². The van der Waals surface area contributed by atoms with Crippen molar-refractivity contribution in [3.63, 3.8) is 0 Å². The van der Waals surface area contributed by atoms with Crippen LogP contribution in [0.15, 0.2) is 4.90 Å². The number of sulfonamides is 1. The fraction of sp³-hybridized carbons (Fsp3) is 0.727. The monoisotopic (exact) mass is 319 g/mol. The maximum Gasteiger partial charge on any atom is 0.249 e. The van der Waals surface area contributed by atoms with E-state index in [4.69, 9.17) is 5.73 Å². The molecule has 0 aliphatic carbocycles. The molecule has 1 unspecified atom stereocenters. The molecule has 1 saturated heterocycles. The predicted molar refractivity (Wildman–Crippen MR) is 81.5 cm³/mol. The number of nitrogens with two attached hydrogens (primary N) is 1. The summed E-state index contributed by atoms with van der Waals surface area (Å²) in [7, 11) is 1.50. The van der Waals surface area contributed by atoms with E-state index in [2.05, 4.69) is 21.6 Å². The highest BCUT2D eigenvalue weighted by atomic mass is 32.2. The standard InChI is InChI=1S/C11H21N5O2S2/c1-15(2)20(17,18)9-10(12)14-19-11(9)13-6-8-4-5-16(3)7-8/h8,13H,4-7H2,1-3H3,(H2,12,14). The van der Waals surface area contributed by atoms with E-state index in [1.54, 1.807) is 0 Å². The second-order valence-corrected chi connectivity index (χ2v) is 8.17. The van der Waals surface area contributed by atoms with Crippen LogP contribution in [0, 0.1) is 5.92 Å². The van der Waals surface area contributed by atoms with Crippen molar-refractivity contribution < 1.29 is 8.42 Å². The molecule has 0 saturated carbocycles. The zero-order chi connectivity index (χ0) is 14.9. The van der Waals surface area contributed by atoms with Crippen LogP contribution in [-0.2, 0) is 10.0 Å². The lowest BCUT2D eigenvalue weighted by Crippen LogP contribution is -2.24. The molecule has 1 fully saturated rings. The lowest BCUT2D eigenvalue weighted by molar-refractivity contribution is 0.399. The number of rotatable bonds is 5. The number of aromatic nitrogens is 1. The van der Waals surface area contributed by atoms with Gasteiger partial charge in [-0.1, -0.05) is 0 Å². The van der Waals surface area contributed by atoms with Gasteiger partial charge >= 0.3 is 0 Å². The molecule has 2 rings (SSSR count). The van der Waals surface area contributed by atoms with E-state index < -0.39 is 10.0 Å². The third-order valence-electron chi connectivity index (χ3n) is 3.45. The summed E-state index contributed by atoms with van der Waals surface area (Å²) in [6, 6.07) is 0. The lowest BCUT2D eigenvalue weighted by atomic mass is 10.1. The van der Waals surface area contributed by atoms with E-state index in [1.165, 1.54) is 14.1 Å². The van der Waals surface area contributed by atoms with E-state index >= 15 is 0 Å². The predicted octanol–water partition coefficient (Wildman–Crippen LogP) is 0.339. The van der Waals surface area contributed by atoms with Gasteiger partial charge in [-0.25, -0.2) is 12.7 Å². The lowest BCUT2D eigenvalue weighted by Gasteiger charge is -2.15. The molecule has 0 spiro atoms. The summed E-state index contributed by atoms with van der Waals surface area (Å²) in [5.41, 5.74) is 5.72. The molecule has 1 aromatic rings. The average molecular weight is 319 g/mol. The first kappa shape index (κ1) is 15.5. The molecule has 0 aromatic carbocycles. The molecule has 20 heavy (non-hydrogen) atoms. The van der Waals surface area contributed by atoms with Crippen molar-refractivity contribution in [3.8, 4) is 0 Å². The van der Waals surface area contributed by atoms with Crippen molar-refractivity contribution in [2.45, 2.75) is 11.3 Å². The van der Waals surface area contributed by atoms with Gasteiger partial charge in [0.25, 0.3) is 0 Å². The maximum absolute atomic E-state index is 12.2. The van der Waals surface area contributed by atoms with Crippen LogP contribution in [0.3, 0.4) is 0 Å². The molecule has 3 N–H and O–H groups in total. The highest BCUT2D eigenvalue weighted by Crippen LogP contribution is 2.33. The zero-order valence-corrected chi connectivity index (χ0v) is 13.6. The van der Waals surface area contributed by atoms with Crippen molar-refractivity contribution in [2.75, 3.05) is 51.8 Å². The first-order valence-electron chi connectivity index (χ1n) is 6.42. The van der Waals surface area contributed by atoms with Gasteiger partial charge < -0.3 is 16.0 Å². The van der Waals surface area contributed by atoms with E-state index in [9.17, 15) is 8.42 Å². The van der Waals surface area contributed by atoms with Crippen LogP contribution in [0.4, 0.5) is 10.8 Å². The van der Waals surface area contributed by atoms with Gasteiger partial charge in [-0.15, -0.1) is 0 Å². The Morgan fingerprint density at radius 1 is 1.55 bits per heavy atom. The Balaban J connectivity index is 2.14. The quantitative estimate of drug-likeness (QED) is 0.813. The summed E-state index contributed by atoms with van der Waals surface area (Å²) in [6.45, 7) is 2.85. The molecule has 1 aliphatic heterocycles. The Bertz CT molecular complexity index is 569. The molecule has 114 valence electrons. The minimum atomic E-state index is -3.57. The number of anilines is 2. The minimum absolute atomic E-state index is 0.0646. The number of hydrogen-bond acceptors (Lipinski definition) is 7. The second kappa shape index (κ2) is 5.84. The van der Waals surface area contributed by atoms with E-state index in [0.29, 0.717) is 10.9 Å². The van der Waals surface area contributed by atoms with Crippen LogP contribution < -0.4 is 11.1 Å². The van der Waals surface area contributed by atoms with Gasteiger partial charge in [0.1, 0.15) is 5.00 Å². The van der Waals surface area contributed by atoms with Crippen LogP contribution in [0.25, 0.3) is 0 Å². The van der Waals surface area contributed by atoms with Crippen LogP contribution in [0.1, 0.15) is 6.42 Å². The largest absolute Gasteiger partial charge is 0.382 e. The number of nitrogen functional groups attached to an aromatic ring is 1. The average Bonchev–Trinajstić information content (AvgIpc) is 2.93. The minimum Gasteiger partial charge on any atom is -0.382 e. The summed E-state index contributed by atoms with van der Waals surface area (Å²) < 4.78 is 29.6. The maximum atomic E-state index is 12.2. The van der Waals surface area contributed by atoms with Gasteiger partial charge in [0.15, 0.2) is 10.7 Å². The molecule has 1 aromatic heterocycles. The summed E-state index contributed by atoms with van der Waals surface area (Å²) >= 11 is 1.10. The summed E-state index contributed by atoms with van der Waals surface area (Å²) in [5.74, 6) is 0.591. The Kier molecular flexibility index (Phi) is 4.52. The third-order valence-corrected chi connectivity index (χ3v) is 6.29. The van der Waals surface area contributed by atoms with Crippen LogP contribution in [-0.4, -0.2) is 62.8 Å². The first-order chi connectivity index (χ1) is 9.32. The van der Waals surface area contributed by atoms with E-state index in [-0.39, 0.29) is 10.7 Å². The second-order valence-electron chi connectivity index (χ2n) is 5.31. The number of nitrogens with zero attached hydrogens (tertiary/aromatic N) is 3. The molecular weight excluding hydrogens is 298 g/mol. The highest BCUT2D eigenvalue weighted by Gasteiger charge is 2.28. The smallest absolute Gasteiger partial charge is 0.249 e. The molecular formula is C11H21N5O2S2.